The molecule has 1 heterocycles. The fraction of sp³-hybridized carbons (Fsp3) is 0.300. The first-order chi connectivity index (χ1) is 14.0. The van der Waals surface area contributed by atoms with E-state index in [1.807, 2.05) is 0 Å². The van der Waals surface area contributed by atoms with E-state index in [4.69, 9.17) is 35.3 Å². The number of methoxy groups -OCH3 is 2. The van der Waals surface area contributed by atoms with E-state index in [2.05, 4.69) is 5.32 Å². The molecule has 1 amide bonds. The number of nitrogens with one attached hydrogen (secondary N) is 1. The van der Waals surface area contributed by atoms with Crippen LogP contribution in [0.3, 0.4) is 0 Å². The first kappa shape index (κ1) is 20.6. The summed E-state index contributed by atoms with van der Waals surface area (Å²) in [6.07, 6.45) is 0.784. The number of fused-ring (bicyclic) bond motifs is 1. The van der Waals surface area contributed by atoms with E-state index in [0.717, 1.165) is 6.42 Å². The molecule has 0 spiro atoms. The lowest BCUT2D eigenvalue weighted by molar-refractivity contribution is -0.119. The molecule has 154 valence electrons. The van der Waals surface area contributed by atoms with Crippen molar-refractivity contribution in [2.45, 2.75) is 6.42 Å². The number of anilines is 1. The number of ether oxygens (including phenoxy) is 5. The zero-order valence-corrected chi connectivity index (χ0v) is 16.7. The highest BCUT2D eigenvalue weighted by molar-refractivity contribution is 6.32. The van der Waals surface area contributed by atoms with Crippen LogP contribution in [-0.2, 0) is 9.53 Å². The Bertz CT molecular complexity index is 916. The molecule has 0 saturated heterocycles. The molecule has 29 heavy (non-hydrogen) atoms. The Balaban J connectivity index is 1.60. The Morgan fingerprint density at radius 3 is 2.55 bits per heavy atom. The first-order valence-corrected chi connectivity index (χ1v) is 9.17. The van der Waals surface area contributed by atoms with Gasteiger partial charge in [0.1, 0.15) is 0 Å². The van der Waals surface area contributed by atoms with Crippen molar-refractivity contribution in [3.05, 3.63) is 40.9 Å². The number of benzene rings is 2. The van der Waals surface area contributed by atoms with Gasteiger partial charge in [0.2, 0.25) is 0 Å². The third-order valence-electron chi connectivity index (χ3n) is 4.03. The predicted molar refractivity (Wildman–Crippen MR) is 106 cm³/mol. The van der Waals surface area contributed by atoms with E-state index in [9.17, 15) is 9.59 Å². The van der Waals surface area contributed by atoms with Gasteiger partial charge in [0.05, 0.1) is 38.0 Å². The van der Waals surface area contributed by atoms with Crippen LogP contribution in [0.4, 0.5) is 5.69 Å². The summed E-state index contributed by atoms with van der Waals surface area (Å²) in [6, 6.07) is 7.87. The van der Waals surface area contributed by atoms with E-state index < -0.39 is 18.5 Å². The molecule has 0 aliphatic carbocycles. The average Bonchev–Trinajstić information content (AvgIpc) is 2.96. The molecule has 0 saturated carbocycles. The summed E-state index contributed by atoms with van der Waals surface area (Å²) in [4.78, 5) is 24.4. The van der Waals surface area contributed by atoms with Gasteiger partial charge in [-0.1, -0.05) is 11.6 Å². The van der Waals surface area contributed by atoms with E-state index in [1.54, 1.807) is 18.2 Å². The van der Waals surface area contributed by atoms with Crippen LogP contribution >= 0.6 is 11.6 Å². The topological polar surface area (TPSA) is 92.3 Å². The van der Waals surface area contributed by atoms with Crippen LogP contribution < -0.4 is 24.3 Å². The van der Waals surface area contributed by atoms with Crippen LogP contribution in [0.2, 0.25) is 5.02 Å². The molecule has 0 aromatic heterocycles. The van der Waals surface area contributed by atoms with Crippen LogP contribution in [-0.4, -0.2) is 45.9 Å². The highest BCUT2D eigenvalue weighted by Gasteiger charge is 2.18. The molecular weight excluding hydrogens is 402 g/mol. The summed E-state index contributed by atoms with van der Waals surface area (Å²) < 4.78 is 26.5. The first-order valence-electron chi connectivity index (χ1n) is 8.80. The largest absolute Gasteiger partial charge is 0.493 e. The molecule has 9 heteroatoms. The number of esters is 1. The van der Waals surface area contributed by atoms with Gasteiger partial charge in [0.25, 0.3) is 5.91 Å². The maximum atomic E-state index is 12.3. The van der Waals surface area contributed by atoms with Crippen molar-refractivity contribution in [1.82, 2.24) is 0 Å². The van der Waals surface area contributed by atoms with E-state index in [-0.39, 0.29) is 16.3 Å². The van der Waals surface area contributed by atoms with E-state index in [0.29, 0.717) is 36.1 Å². The fourth-order valence-corrected chi connectivity index (χ4v) is 2.98. The summed E-state index contributed by atoms with van der Waals surface area (Å²) in [5.41, 5.74) is 0.639. The average molecular weight is 422 g/mol. The summed E-state index contributed by atoms with van der Waals surface area (Å²) in [5, 5.41) is 2.84. The van der Waals surface area contributed by atoms with E-state index >= 15 is 0 Å². The maximum absolute atomic E-state index is 12.3. The molecule has 0 fully saturated rings. The zero-order valence-electron chi connectivity index (χ0n) is 16.0. The molecule has 1 N–H and O–H groups in total. The molecule has 1 aliphatic rings. The number of carbonyl (C=O) groups excluding carboxylic acids is 2. The van der Waals surface area contributed by atoms with Crippen LogP contribution in [0.5, 0.6) is 23.0 Å². The number of hydrogen-bond donors (Lipinski definition) is 1. The van der Waals surface area contributed by atoms with Crippen molar-refractivity contribution in [1.29, 1.82) is 0 Å². The molecule has 1 aliphatic heterocycles. The van der Waals surface area contributed by atoms with Gasteiger partial charge in [-0.3, -0.25) is 4.79 Å². The standard InChI is InChI=1S/C20H20ClNO7/c1-25-17-9-12(8-14(21)19(17)26-2)20(24)29-11-18(23)22-13-4-5-15-16(10-13)28-7-3-6-27-15/h4-5,8-10H,3,6-7,11H2,1-2H3,(H,22,23). The lowest BCUT2D eigenvalue weighted by Gasteiger charge is -2.12. The van der Waals surface area contributed by atoms with Gasteiger partial charge < -0.3 is 29.0 Å². The van der Waals surface area contributed by atoms with Crippen LogP contribution in [0.1, 0.15) is 16.8 Å². The highest BCUT2D eigenvalue weighted by Crippen LogP contribution is 2.36. The molecule has 2 aromatic rings. The van der Waals surface area contributed by atoms with Crippen molar-refractivity contribution in [2.75, 3.05) is 39.4 Å². The smallest absolute Gasteiger partial charge is 0.338 e. The summed E-state index contributed by atoms with van der Waals surface area (Å²) in [7, 11) is 2.86. The predicted octanol–water partition coefficient (Wildman–Crippen LogP) is 3.31. The Hall–Kier alpha value is -3.13. The fourth-order valence-electron chi connectivity index (χ4n) is 2.69. The second-order valence-electron chi connectivity index (χ2n) is 6.03. The molecule has 0 atom stereocenters. The van der Waals surface area contributed by atoms with Gasteiger partial charge in [-0.05, 0) is 24.3 Å². The normalized spacial score (nSPS) is 12.5. The third kappa shape index (κ3) is 5.03. The Morgan fingerprint density at radius 2 is 1.83 bits per heavy atom. The summed E-state index contributed by atoms with van der Waals surface area (Å²) in [6.45, 7) is 0.643. The van der Waals surface area contributed by atoms with Gasteiger partial charge in [-0.15, -0.1) is 0 Å². The second kappa shape index (κ2) is 9.38. The van der Waals surface area contributed by atoms with Crippen molar-refractivity contribution < 1.29 is 33.3 Å². The maximum Gasteiger partial charge on any atom is 0.338 e. The van der Waals surface area contributed by atoms with Crippen molar-refractivity contribution in [3.63, 3.8) is 0 Å². The van der Waals surface area contributed by atoms with Crippen LogP contribution in [0, 0.1) is 0 Å². The quantitative estimate of drug-likeness (QED) is 0.715. The zero-order chi connectivity index (χ0) is 20.8. The summed E-state index contributed by atoms with van der Waals surface area (Å²) >= 11 is 6.08. The molecular formula is C20H20ClNO7. The molecule has 0 radical (unpaired) electrons. The Kier molecular flexibility index (Phi) is 6.66. The number of rotatable bonds is 6. The lowest BCUT2D eigenvalue weighted by atomic mass is 10.2. The lowest BCUT2D eigenvalue weighted by Crippen LogP contribution is -2.21. The minimum absolute atomic E-state index is 0.135. The van der Waals surface area contributed by atoms with Crippen molar-refractivity contribution in [3.8, 4) is 23.0 Å². The molecule has 0 bridgehead atoms. The molecule has 2 aromatic carbocycles. The SMILES string of the molecule is COc1cc(C(=O)OCC(=O)Nc2ccc3c(c2)OCCCO3)cc(Cl)c1OC. The Labute approximate surface area is 172 Å². The van der Waals surface area contributed by atoms with Crippen LogP contribution in [0.15, 0.2) is 30.3 Å². The van der Waals surface area contributed by atoms with E-state index in [1.165, 1.54) is 26.4 Å². The second-order valence-corrected chi connectivity index (χ2v) is 6.44. The molecule has 3 rings (SSSR count). The minimum atomic E-state index is -0.721. The highest BCUT2D eigenvalue weighted by atomic mass is 35.5. The monoisotopic (exact) mass is 421 g/mol. The van der Waals surface area contributed by atoms with Crippen LogP contribution in [0.25, 0.3) is 0 Å². The molecule has 8 nitrogen and oxygen atoms in total. The number of hydrogen-bond acceptors (Lipinski definition) is 7. The molecule has 0 unspecified atom stereocenters. The van der Waals surface area contributed by atoms with Gasteiger partial charge in [-0.25, -0.2) is 4.79 Å². The van der Waals surface area contributed by atoms with Crippen molar-refractivity contribution in [2.24, 2.45) is 0 Å². The van der Waals surface area contributed by atoms with Gasteiger partial charge in [-0.2, -0.15) is 0 Å². The number of halogens is 1. The van der Waals surface area contributed by atoms with Gasteiger partial charge in [0, 0.05) is 18.2 Å². The summed E-state index contributed by atoms with van der Waals surface area (Å²) in [5.74, 6) is 0.539. The minimum Gasteiger partial charge on any atom is -0.493 e. The Morgan fingerprint density at radius 1 is 1.07 bits per heavy atom. The number of amides is 1. The van der Waals surface area contributed by atoms with Gasteiger partial charge in [0.15, 0.2) is 29.6 Å². The number of carbonyl (C=O) groups is 2. The van der Waals surface area contributed by atoms with Gasteiger partial charge >= 0.3 is 5.97 Å². The van der Waals surface area contributed by atoms with Crippen molar-refractivity contribution >= 4 is 29.2 Å². The third-order valence-corrected chi connectivity index (χ3v) is 4.32.